The number of nitrogens with one attached hydrogen (secondary N) is 1. The highest BCUT2D eigenvalue weighted by Crippen LogP contribution is 2.34. The molecule has 0 aliphatic carbocycles. The number of carbonyl (C=O) groups excluding carboxylic acids is 1. The zero-order chi connectivity index (χ0) is 23.8. The Kier molecular flexibility index (Phi) is 5.59. The fourth-order valence-electron chi connectivity index (χ4n) is 4.64. The van der Waals surface area contributed by atoms with Crippen LogP contribution in [0.25, 0.3) is 21.9 Å². The van der Waals surface area contributed by atoms with Crippen LogP contribution in [0, 0.1) is 11.3 Å². The molecule has 5 rings (SSSR count). The Morgan fingerprint density at radius 3 is 2.91 bits per heavy atom. The Morgan fingerprint density at radius 2 is 2.15 bits per heavy atom. The molecule has 1 amide bonds. The van der Waals surface area contributed by atoms with E-state index >= 15 is 0 Å². The lowest BCUT2D eigenvalue weighted by Crippen LogP contribution is -2.28. The summed E-state index contributed by atoms with van der Waals surface area (Å²) in [5.41, 5.74) is 3.28. The van der Waals surface area contributed by atoms with Crippen LogP contribution in [0.4, 0.5) is 5.69 Å². The lowest BCUT2D eigenvalue weighted by molar-refractivity contribution is -0.115. The number of pyridine rings is 2. The molecule has 1 aliphatic heterocycles. The Balaban J connectivity index is 1.60. The Bertz CT molecular complexity index is 1510. The largest absolute Gasteiger partial charge is 0.378 e. The molecule has 0 spiro atoms. The first-order valence-electron chi connectivity index (χ1n) is 11.2. The molecule has 0 radical (unpaired) electrons. The summed E-state index contributed by atoms with van der Waals surface area (Å²) in [6, 6.07) is 10.7. The summed E-state index contributed by atoms with van der Waals surface area (Å²) in [5, 5.41) is 13.1. The first-order chi connectivity index (χ1) is 16.4. The summed E-state index contributed by atoms with van der Waals surface area (Å²) in [6.45, 7) is 2.67. The highest BCUT2D eigenvalue weighted by molar-refractivity contribution is 6.03. The van der Waals surface area contributed by atoms with E-state index in [-0.39, 0.29) is 30.0 Å². The van der Waals surface area contributed by atoms with Gasteiger partial charge in [-0.15, -0.1) is 0 Å². The summed E-state index contributed by atoms with van der Waals surface area (Å²) < 4.78 is 9.32. The molecule has 2 atom stereocenters. The van der Waals surface area contributed by atoms with Crippen LogP contribution in [0.15, 0.2) is 47.5 Å². The summed E-state index contributed by atoms with van der Waals surface area (Å²) >= 11 is 0. The predicted molar refractivity (Wildman–Crippen MR) is 127 cm³/mol. The molecule has 3 aromatic heterocycles. The second kappa shape index (κ2) is 8.72. The monoisotopic (exact) mass is 456 g/mol. The molecular weight excluding hydrogens is 432 g/mol. The van der Waals surface area contributed by atoms with Gasteiger partial charge in [-0.05, 0) is 44.0 Å². The molecule has 9 nitrogen and oxygen atoms in total. The van der Waals surface area contributed by atoms with Crippen LogP contribution in [0.3, 0.4) is 0 Å². The lowest BCUT2D eigenvalue weighted by Gasteiger charge is -2.30. The van der Waals surface area contributed by atoms with Gasteiger partial charge in [-0.25, -0.2) is 4.98 Å². The number of hydrogen-bond acceptors (Lipinski definition) is 6. The number of aryl methyl sites for hydroxylation is 1. The molecule has 34 heavy (non-hydrogen) atoms. The van der Waals surface area contributed by atoms with Crippen LogP contribution in [0.5, 0.6) is 0 Å². The summed E-state index contributed by atoms with van der Waals surface area (Å²) in [6.07, 6.45) is 5.05. The van der Waals surface area contributed by atoms with Crippen molar-refractivity contribution in [3.63, 3.8) is 0 Å². The minimum atomic E-state index is -0.231. The quantitative estimate of drug-likeness (QED) is 0.505. The van der Waals surface area contributed by atoms with Crippen molar-refractivity contribution in [2.75, 3.05) is 11.9 Å². The third-order valence-corrected chi connectivity index (χ3v) is 6.23. The van der Waals surface area contributed by atoms with Gasteiger partial charge in [0.2, 0.25) is 11.5 Å². The molecule has 1 aromatic carbocycles. The van der Waals surface area contributed by atoms with Crippen molar-refractivity contribution in [2.24, 2.45) is 7.05 Å². The average molecular weight is 457 g/mol. The standard InChI is InChI=1S/C25H24N6O3/c1-15-9-18(7-8-34-15)31-22(11-23(32)28-17-4-6-24(33)30(2)14-17)29-21-13-27-20-5-3-16(12-26)10-19(20)25(21)31/h3-6,10,13-15,18H,7-9,11H2,1-2H3,(H,28,32)/t15-,18-/m1/s1. The molecule has 0 unspecified atom stereocenters. The number of hydrogen-bond donors (Lipinski definition) is 1. The smallest absolute Gasteiger partial charge is 0.250 e. The van der Waals surface area contributed by atoms with Crippen molar-refractivity contribution in [2.45, 2.75) is 38.3 Å². The van der Waals surface area contributed by atoms with Gasteiger partial charge >= 0.3 is 0 Å². The molecule has 1 aliphatic rings. The van der Waals surface area contributed by atoms with E-state index in [1.807, 2.05) is 19.1 Å². The van der Waals surface area contributed by atoms with Crippen molar-refractivity contribution in [3.8, 4) is 6.07 Å². The number of rotatable bonds is 4. The molecule has 1 fully saturated rings. The second-order valence-electron chi connectivity index (χ2n) is 8.69. The van der Waals surface area contributed by atoms with Crippen LogP contribution >= 0.6 is 0 Å². The van der Waals surface area contributed by atoms with Gasteiger partial charge in [-0.2, -0.15) is 5.26 Å². The van der Waals surface area contributed by atoms with Gasteiger partial charge < -0.3 is 19.2 Å². The number of imidazole rings is 1. The molecule has 9 heteroatoms. The van der Waals surface area contributed by atoms with Crippen LogP contribution in [-0.4, -0.2) is 37.7 Å². The third kappa shape index (κ3) is 4.04. The Morgan fingerprint density at radius 1 is 1.29 bits per heavy atom. The summed E-state index contributed by atoms with van der Waals surface area (Å²) in [5.74, 6) is 0.401. The first-order valence-corrected chi connectivity index (χ1v) is 11.2. The number of benzene rings is 1. The van der Waals surface area contributed by atoms with Crippen molar-refractivity contribution in [3.05, 3.63) is 64.5 Å². The van der Waals surface area contributed by atoms with Gasteiger partial charge in [-0.1, -0.05) is 0 Å². The lowest BCUT2D eigenvalue weighted by atomic mass is 10.0. The number of anilines is 1. The van der Waals surface area contributed by atoms with E-state index in [1.54, 1.807) is 31.6 Å². The second-order valence-corrected chi connectivity index (χ2v) is 8.69. The molecule has 0 saturated carbocycles. The van der Waals surface area contributed by atoms with E-state index in [1.165, 1.54) is 10.6 Å². The highest BCUT2D eigenvalue weighted by Gasteiger charge is 2.27. The summed E-state index contributed by atoms with van der Waals surface area (Å²) in [4.78, 5) is 33.9. The van der Waals surface area contributed by atoms with Crippen molar-refractivity contribution in [1.29, 1.82) is 5.26 Å². The molecule has 0 bridgehead atoms. The maximum Gasteiger partial charge on any atom is 0.250 e. The van der Waals surface area contributed by atoms with E-state index < -0.39 is 0 Å². The molecule has 172 valence electrons. The number of ether oxygens (including phenoxy) is 1. The molecular formula is C25H24N6O3. The third-order valence-electron chi connectivity index (χ3n) is 6.23. The van der Waals surface area contributed by atoms with E-state index in [9.17, 15) is 14.9 Å². The number of nitrogens with zero attached hydrogens (tertiary/aromatic N) is 5. The van der Waals surface area contributed by atoms with E-state index in [0.29, 0.717) is 29.2 Å². The molecule has 1 saturated heterocycles. The number of fused-ring (bicyclic) bond motifs is 3. The van der Waals surface area contributed by atoms with E-state index in [0.717, 1.165) is 29.3 Å². The van der Waals surface area contributed by atoms with Gasteiger partial charge in [0.05, 0.1) is 47.1 Å². The van der Waals surface area contributed by atoms with Crippen LogP contribution in [0.1, 0.15) is 37.2 Å². The minimum absolute atomic E-state index is 0.0582. The molecule has 1 N–H and O–H groups in total. The highest BCUT2D eigenvalue weighted by atomic mass is 16.5. The van der Waals surface area contributed by atoms with Gasteiger partial charge in [0.15, 0.2) is 0 Å². The number of carbonyl (C=O) groups is 1. The fraction of sp³-hybridized carbons (Fsp3) is 0.320. The first kappa shape index (κ1) is 21.8. The Hall–Kier alpha value is -4.03. The van der Waals surface area contributed by atoms with Crippen LogP contribution in [-0.2, 0) is 23.0 Å². The zero-order valence-electron chi connectivity index (χ0n) is 19.0. The number of amides is 1. The van der Waals surface area contributed by atoms with Gasteiger partial charge in [-0.3, -0.25) is 14.6 Å². The van der Waals surface area contributed by atoms with Gasteiger partial charge in [0.25, 0.3) is 0 Å². The molecule has 4 aromatic rings. The minimum Gasteiger partial charge on any atom is -0.378 e. The normalized spacial score (nSPS) is 18.1. The predicted octanol–water partition coefficient (Wildman–Crippen LogP) is 3.08. The topological polar surface area (TPSA) is 115 Å². The van der Waals surface area contributed by atoms with E-state index in [4.69, 9.17) is 9.72 Å². The van der Waals surface area contributed by atoms with Crippen molar-refractivity contribution >= 4 is 33.5 Å². The van der Waals surface area contributed by atoms with Crippen molar-refractivity contribution < 1.29 is 9.53 Å². The zero-order valence-corrected chi connectivity index (χ0v) is 19.0. The van der Waals surface area contributed by atoms with Crippen LogP contribution in [0.2, 0.25) is 0 Å². The van der Waals surface area contributed by atoms with Gasteiger partial charge in [0, 0.05) is 37.3 Å². The maximum atomic E-state index is 13.0. The average Bonchev–Trinajstić information content (AvgIpc) is 3.19. The maximum absolute atomic E-state index is 13.0. The molecule has 4 heterocycles. The Labute approximate surface area is 195 Å². The number of aromatic nitrogens is 4. The van der Waals surface area contributed by atoms with E-state index in [2.05, 4.69) is 20.9 Å². The van der Waals surface area contributed by atoms with Crippen LogP contribution < -0.4 is 10.9 Å². The van der Waals surface area contributed by atoms with Crippen molar-refractivity contribution in [1.82, 2.24) is 19.1 Å². The fourth-order valence-corrected chi connectivity index (χ4v) is 4.64. The SMILES string of the molecule is C[C@@H]1C[C@H](n2c(CC(=O)Nc3ccc(=O)n(C)c3)nc3cnc4ccc(C#N)cc4c32)CCO1. The summed E-state index contributed by atoms with van der Waals surface area (Å²) in [7, 11) is 1.64. The van der Waals surface area contributed by atoms with Gasteiger partial charge in [0.1, 0.15) is 11.3 Å². The number of nitriles is 1.